The number of anilines is 1. The second kappa shape index (κ2) is 8.42. The summed E-state index contributed by atoms with van der Waals surface area (Å²) in [6.45, 7) is 4.61. The molecule has 0 aliphatic carbocycles. The Kier molecular flexibility index (Phi) is 5.53. The maximum atomic E-state index is 12.9. The SMILES string of the molecule is CCOc1ccccc1-c1nnc(NC(=O)c2nn(CC)c(=O)c3ccccc23)s1. The van der Waals surface area contributed by atoms with Crippen molar-refractivity contribution in [2.75, 3.05) is 11.9 Å². The molecule has 0 spiro atoms. The number of nitrogens with one attached hydrogen (secondary N) is 1. The molecular weight excluding hydrogens is 402 g/mol. The molecule has 4 rings (SSSR count). The van der Waals surface area contributed by atoms with E-state index in [0.29, 0.717) is 39.8 Å². The number of hydrogen-bond acceptors (Lipinski definition) is 7. The molecule has 2 heterocycles. The van der Waals surface area contributed by atoms with E-state index in [1.54, 1.807) is 31.2 Å². The lowest BCUT2D eigenvalue weighted by atomic mass is 10.1. The number of para-hydroxylation sites is 1. The number of hydrogen-bond donors (Lipinski definition) is 1. The number of aryl methyl sites for hydroxylation is 1. The second-order valence-electron chi connectivity index (χ2n) is 6.31. The van der Waals surface area contributed by atoms with Crippen LogP contribution in [-0.4, -0.2) is 32.5 Å². The zero-order chi connectivity index (χ0) is 21.1. The van der Waals surface area contributed by atoms with E-state index in [0.717, 1.165) is 5.56 Å². The molecule has 0 saturated heterocycles. The van der Waals surface area contributed by atoms with Gasteiger partial charge in [-0.05, 0) is 32.0 Å². The fraction of sp³-hybridized carbons (Fsp3) is 0.190. The van der Waals surface area contributed by atoms with E-state index in [2.05, 4.69) is 20.6 Å². The lowest BCUT2D eigenvalue weighted by molar-refractivity contribution is 0.102. The maximum absolute atomic E-state index is 12.9. The third-order valence-electron chi connectivity index (χ3n) is 4.45. The van der Waals surface area contributed by atoms with E-state index in [1.165, 1.54) is 16.0 Å². The van der Waals surface area contributed by atoms with Crippen LogP contribution in [0.4, 0.5) is 5.13 Å². The van der Waals surface area contributed by atoms with Crippen molar-refractivity contribution in [1.29, 1.82) is 0 Å². The smallest absolute Gasteiger partial charge is 0.278 e. The van der Waals surface area contributed by atoms with Crippen LogP contribution in [0.25, 0.3) is 21.3 Å². The van der Waals surface area contributed by atoms with Gasteiger partial charge in [-0.2, -0.15) is 5.10 Å². The van der Waals surface area contributed by atoms with E-state index in [1.807, 2.05) is 31.2 Å². The molecular formula is C21H19N5O3S. The molecule has 0 atom stereocenters. The number of ether oxygens (including phenoxy) is 1. The molecule has 4 aromatic rings. The minimum absolute atomic E-state index is 0.165. The van der Waals surface area contributed by atoms with Crippen LogP contribution in [0.3, 0.4) is 0 Å². The summed E-state index contributed by atoms with van der Waals surface area (Å²) in [6, 6.07) is 14.5. The van der Waals surface area contributed by atoms with Crippen molar-refractivity contribution in [3.8, 4) is 16.3 Å². The van der Waals surface area contributed by atoms with E-state index in [4.69, 9.17) is 4.74 Å². The lowest BCUT2D eigenvalue weighted by Gasteiger charge is -2.08. The Bertz CT molecular complexity index is 1280. The first-order valence-corrected chi connectivity index (χ1v) is 10.3. The summed E-state index contributed by atoms with van der Waals surface area (Å²) in [7, 11) is 0. The topological polar surface area (TPSA) is 99.0 Å². The Morgan fingerprint density at radius 2 is 1.80 bits per heavy atom. The lowest BCUT2D eigenvalue weighted by Crippen LogP contribution is -2.27. The molecule has 152 valence electrons. The fourth-order valence-corrected chi connectivity index (χ4v) is 3.85. The van der Waals surface area contributed by atoms with Gasteiger partial charge in [0, 0.05) is 11.9 Å². The molecule has 0 fully saturated rings. The van der Waals surface area contributed by atoms with Crippen molar-refractivity contribution in [2.24, 2.45) is 0 Å². The highest BCUT2D eigenvalue weighted by atomic mass is 32.1. The van der Waals surface area contributed by atoms with Crippen molar-refractivity contribution < 1.29 is 9.53 Å². The Morgan fingerprint density at radius 1 is 1.07 bits per heavy atom. The molecule has 2 aromatic heterocycles. The number of benzene rings is 2. The van der Waals surface area contributed by atoms with Gasteiger partial charge >= 0.3 is 0 Å². The number of fused-ring (bicyclic) bond motifs is 1. The normalized spacial score (nSPS) is 10.9. The molecule has 0 unspecified atom stereocenters. The highest BCUT2D eigenvalue weighted by Gasteiger charge is 2.19. The van der Waals surface area contributed by atoms with Crippen molar-refractivity contribution in [1.82, 2.24) is 20.0 Å². The van der Waals surface area contributed by atoms with Crippen LogP contribution in [-0.2, 0) is 6.54 Å². The Balaban J connectivity index is 1.67. The zero-order valence-electron chi connectivity index (χ0n) is 16.5. The van der Waals surface area contributed by atoms with E-state index >= 15 is 0 Å². The molecule has 0 radical (unpaired) electrons. The molecule has 1 N–H and O–H groups in total. The molecule has 8 nitrogen and oxygen atoms in total. The molecule has 0 bridgehead atoms. The summed E-state index contributed by atoms with van der Waals surface area (Å²) in [5.74, 6) is 0.255. The summed E-state index contributed by atoms with van der Waals surface area (Å²) >= 11 is 1.24. The van der Waals surface area contributed by atoms with Crippen LogP contribution < -0.4 is 15.6 Å². The van der Waals surface area contributed by atoms with Gasteiger partial charge in [0.25, 0.3) is 11.5 Å². The third kappa shape index (κ3) is 3.67. The molecule has 1 amide bonds. The van der Waals surface area contributed by atoms with Crippen LogP contribution >= 0.6 is 11.3 Å². The van der Waals surface area contributed by atoms with Crippen molar-refractivity contribution in [3.63, 3.8) is 0 Å². The van der Waals surface area contributed by atoms with Gasteiger partial charge in [0.2, 0.25) is 5.13 Å². The minimum Gasteiger partial charge on any atom is -0.493 e. The third-order valence-corrected chi connectivity index (χ3v) is 5.32. The number of nitrogens with zero attached hydrogens (tertiary/aromatic N) is 4. The average Bonchev–Trinajstić information content (AvgIpc) is 3.23. The van der Waals surface area contributed by atoms with Gasteiger partial charge in [-0.15, -0.1) is 10.2 Å². The summed E-state index contributed by atoms with van der Waals surface area (Å²) in [4.78, 5) is 25.4. The number of rotatable bonds is 6. The van der Waals surface area contributed by atoms with Crippen molar-refractivity contribution >= 4 is 33.1 Å². The first-order valence-electron chi connectivity index (χ1n) is 9.49. The summed E-state index contributed by atoms with van der Waals surface area (Å²) in [6.07, 6.45) is 0. The highest BCUT2D eigenvalue weighted by Crippen LogP contribution is 2.33. The number of amides is 1. The maximum Gasteiger partial charge on any atom is 0.278 e. The van der Waals surface area contributed by atoms with Gasteiger partial charge in [0.05, 0.1) is 17.6 Å². The summed E-state index contributed by atoms with van der Waals surface area (Å²) < 4.78 is 6.92. The summed E-state index contributed by atoms with van der Waals surface area (Å²) in [5, 5.41) is 17.2. The predicted octanol–water partition coefficient (Wildman–Crippen LogP) is 3.59. The Hall–Kier alpha value is -3.59. The first kappa shape index (κ1) is 19.7. The van der Waals surface area contributed by atoms with Crippen molar-refractivity contribution in [3.05, 3.63) is 64.6 Å². The monoisotopic (exact) mass is 421 g/mol. The van der Waals surface area contributed by atoms with Crippen LogP contribution in [0.15, 0.2) is 53.3 Å². The molecule has 9 heteroatoms. The van der Waals surface area contributed by atoms with Gasteiger partial charge in [-0.25, -0.2) is 4.68 Å². The first-order chi connectivity index (χ1) is 14.6. The number of aromatic nitrogens is 4. The largest absolute Gasteiger partial charge is 0.493 e. The molecule has 0 aliphatic heterocycles. The number of carbonyl (C=O) groups is 1. The average molecular weight is 421 g/mol. The van der Waals surface area contributed by atoms with Gasteiger partial charge in [-0.1, -0.05) is 41.7 Å². The molecule has 2 aromatic carbocycles. The van der Waals surface area contributed by atoms with Crippen molar-refractivity contribution in [2.45, 2.75) is 20.4 Å². The second-order valence-corrected chi connectivity index (χ2v) is 7.29. The van der Waals surface area contributed by atoms with E-state index < -0.39 is 5.91 Å². The van der Waals surface area contributed by atoms with Crippen LogP contribution in [0.5, 0.6) is 5.75 Å². The van der Waals surface area contributed by atoms with E-state index in [-0.39, 0.29) is 11.3 Å². The minimum atomic E-state index is -0.450. The highest BCUT2D eigenvalue weighted by molar-refractivity contribution is 7.18. The quantitative estimate of drug-likeness (QED) is 0.511. The van der Waals surface area contributed by atoms with Gasteiger partial charge in [0.1, 0.15) is 5.75 Å². The standard InChI is InChI=1S/C21H19N5O3S/c1-3-26-20(28)14-10-6-5-9-13(14)17(25-26)18(27)22-21-24-23-19(30-21)15-11-7-8-12-16(15)29-4-2/h5-12H,3-4H2,1-2H3,(H,22,24,27). The van der Waals surface area contributed by atoms with E-state index in [9.17, 15) is 9.59 Å². The fourth-order valence-electron chi connectivity index (χ4n) is 3.08. The Labute approximate surface area is 176 Å². The number of carbonyl (C=O) groups excluding carboxylic acids is 1. The molecule has 30 heavy (non-hydrogen) atoms. The molecule has 0 aliphatic rings. The van der Waals surface area contributed by atoms with Crippen LogP contribution in [0.2, 0.25) is 0 Å². The van der Waals surface area contributed by atoms with Gasteiger partial charge in [-0.3, -0.25) is 14.9 Å². The predicted molar refractivity (Wildman–Crippen MR) is 116 cm³/mol. The molecule has 0 saturated carbocycles. The Morgan fingerprint density at radius 3 is 2.57 bits per heavy atom. The van der Waals surface area contributed by atoms with Crippen LogP contribution in [0.1, 0.15) is 24.3 Å². The van der Waals surface area contributed by atoms with Gasteiger partial charge in [0.15, 0.2) is 10.7 Å². The van der Waals surface area contributed by atoms with Crippen LogP contribution in [0, 0.1) is 0 Å². The van der Waals surface area contributed by atoms with Gasteiger partial charge < -0.3 is 4.74 Å². The zero-order valence-corrected chi connectivity index (χ0v) is 17.3. The summed E-state index contributed by atoms with van der Waals surface area (Å²) in [5.41, 5.74) is 0.745.